The van der Waals surface area contributed by atoms with E-state index in [1.807, 2.05) is 0 Å². The summed E-state index contributed by atoms with van der Waals surface area (Å²) in [6.45, 7) is 9.49. The standard InChI is InChI=1S/C16H16F12O4.C15H24O2.C14H20O3.C11H12O5/c1-7(6-11(30,13(17,18)19)14(20,21)22)10(29)32-9-4-2-3-8(5-9)12(31,15(23,24)25)16(26,27)28;1-12(2)14(16)17-15(10-6-3-7-11-15)13-8-4-5-9-13;1-9(8-15)13(16)17-14-5-10-2-11(6-14)4-12(3-10)7-14;1-5(3-12)11(13)16-9-7-2-6-4-14-10(9)8(6)15-7/h6,8-9,30-31H,2-5H2,1H3;13H,1,3-11H2,2H3;8,10-12,15H,2-7H2,1H3;6-10H,2,4H2,1H3. The zero-order valence-electron chi connectivity index (χ0n) is 45.9. The van der Waals surface area contributed by atoms with Crippen LogP contribution >= 0.6 is 0 Å². The van der Waals surface area contributed by atoms with Crippen LogP contribution in [0.5, 0.6) is 0 Å². The first-order valence-electron chi connectivity index (χ1n) is 27.7. The Morgan fingerprint density at radius 2 is 1.17 bits per heavy atom. The van der Waals surface area contributed by atoms with Crippen LogP contribution in [0.25, 0.3) is 0 Å². The second kappa shape index (κ2) is 25.5. The molecular formula is C56H72F12O14. The van der Waals surface area contributed by atoms with E-state index in [0.717, 1.165) is 62.5 Å². The van der Waals surface area contributed by atoms with E-state index in [9.17, 15) is 81.8 Å². The molecule has 0 radical (unpaired) electrons. The van der Waals surface area contributed by atoms with Crippen LogP contribution in [0.2, 0.25) is 0 Å². The molecule has 3 aliphatic heterocycles. The summed E-state index contributed by atoms with van der Waals surface area (Å²) in [6, 6.07) is 0. The summed E-state index contributed by atoms with van der Waals surface area (Å²) in [7, 11) is 0. The first-order valence-corrected chi connectivity index (χ1v) is 27.7. The van der Waals surface area contributed by atoms with Crippen molar-refractivity contribution in [1.29, 1.82) is 0 Å². The van der Waals surface area contributed by atoms with Crippen molar-refractivity contribution in [2.45, 2.75) is 234 Å². The van der Waals surface area contributed by atoms with Crippen LogP contribution in [0.15, 0.2) is 41.2 Å². The average molecular weight is 1200 g/mol. The Hall–Kier alpha value is -4.65. The number of hydrogen-bond acceptors (Lipinski definition) is 14. The van der Waals surface area contributed by atoms with Crippen molar-refractivity contribution in [3.63, 3.8) is 0 Å². The SMILES string of the molecule is C=C(C)C(=O)OC1(C2CCCC2)CCCCC1.CC(=C=O)C(=O)OC1C2CC3COC1C3O2.CC(=CC(O)(C(F)(F)F)C(F)(F)F)C(=O)OC1CCCC(C(O)(C(F)(F)F)C(F)(F)F)C1.CC(=CO)C(=O)OC12CC3CC(CC(C3)C1)C2. The summed E-state index contributed by atoms with van der Waals surface area (Å²) < 4.78 is 187. The van der Waals surface area contributed by atoms with Gasteiger partial charge >= 0.3 is 48.6 Å². The highest BCUT2D eigenvalue weighted by atomic mass is 19.4. The van der Waals surface area contributed by atoms with E-state index in [4.69, 9.17) is 33.9 Å². The molecule has 6 bridgehead atoms. The number of carbonyl (C=O) groups excluding carboxylic acids is 5. The first-order chi connectivity index (χ1) is 37.9. The fraction of sp³-hybridized carbons (Fsp3) is 0.786. The highest BCUT2D eigenvalue weighted by Crippen LogP contribution is 2.58. The summed E-state index contributed by atoms with van der Waals surface area (Å²) in [4.78, 5) is 57.3. The lowest BCUT2D eigenvalue weighted by atomic mass is 9.54. The van der Waals surface area contributed by atoms with E-state index in [2.05, 4.69) is 11.3 Å². The molecule has 10 fully saturated rings. The Morgan fingerprint density at radius 1 is 0.622 bits per heavy atom. The summed E-state index contributed by atoms with van der Waals surface area (Å²) in [5.74, 6) is -0.734. The fourth-order valence-electron chi connectivity index (χ4n) is 13.9. The third-order valence-electron chi connectivity index (χ3n) is 17.8. The topological polar surface area (TPSA) is 201 Å². The number of fused-ring (bicyclic) bond motifs is 1. The molecule has 0 spiro atoms. The van der Waals surface area contributed by atoms with Gasteiger partial charge in [0, 0.05) is 23.0 Å². The molecule has 3 saturated heterocycles. The number of hydrogen-bond donors (Lipinski definition) is 3. The average Bonchev–Trinajstić information content (AvgIpc) is 3.68. The quantitative estimate of drug-likeness (QED) is 0.0440. The van der Waals surface area contributed by atoms with Crippen molar-refractivity contribution in [3.05, 3.63) is 41.2 Å². The lowest BCUT2D eigenvalue weighted by Gasteiger charge is -2.55. The van der Waals surface area contributed by atoms with Gasteiger partial charge < -0.3 is 43.7 Å². The maximum absolute atomic E-state index is 13.0. The van der Waals surface area contributed by atoms with Crippen molar-refractivity contribution in [1.82, 2.24) is 0 Å². The summed E-state index contributed by atoms with van der Waals surface area (Å²) in [6.07, 6.45) is -11.2. The molecule has 7 atom stereocenters. The van der Waals surface area contributed by atoms with Gasteiger partial charge in [-0.15, -0.1) is 0 Å². The molecule has 14 nitrogen and oxygen atoms in total. The van der Waals surface area contributed by atoms with Gasteiger partial charge in [0.05, 0.1) is 30.6 Å². The predicted octanol–water partition coefficient (Wildman–Crippen LogP) is 11.6. The smallest absolute Gasteiger partial charge is 0.430 e. The highest BCUT2D eigenvalue weighted by Gasteiger charge is 2.74. The number of ether oxygens (including phenoxy) is 6. The van der Waals surface area contributed by atoms with E-state index in [1.165, 1.54) is 77.1 Å². The van der Waals surface area contributed by atoms with E-state index < -0.39 is 90.8 Å². The minimum absolute atomic E-state index is 0.0441. The molecular weight excluding hydrogens is 1120 g/mol. The first kappa shape index (κ1) is 66.5. The van der Waals surface area contributed by atoms with Gasteiger partial charge in [0.15, 0.2) is 6.10 Å². The molecule has 3 N–H and O–H groups in total. The van der Waals surface area contributed by atoms with E-state index in [1.54, 1.807) is 13.8 Å². The molecule has 0 amide bonds. The third kappa shape index (κ3) is 14.5. The Balaban J connectivity index is 0.000000184. The summed E-state index contributed by atoms with van der Waals surface area (Å²) in [5, 5.41) is 27.3. The van der Waals surface area contributed by atoms with Gasteiger partial charge in [-0.3, -0.25) is 0 Å². The molecule has 0 aromatic rings. The van der Waals surface area contributed by atoms with Crippen molar-refractivity contribution in [3.8, 4) is 0 Å². The van der Waals surface area contributed by atoms with Crippen LogP contribution in [0.3, 0.4) is 0 Å². The molecule has 0 aromatic carbocycles. The lowest BCUT2D eigenvalue weighted by molar-refractivity contribution is -0.388. The van der Waals surface area contributed by atoms with Gasteiger partial charge in [0.2, 0.25) is 0 Å². The Kier molecular flexibility index (Phi) is 20.7. The minimum Gasteiger partial charge on any atom is -0.515 e. The molecule has 7 saturated carbocycles. The van der Waals surface area contributed by atoms with Crippen LogP contribution in [-0.4, -0.2) is 129 Å². The highest BCUT2D eigenvalue weighted by molar-refractivity contribution is 5.96. The van der Waals surface area contributed by atoms with Crippen LogP contribution in [-0.2, 0) is 52.4 Å². The largest absolute Gasteiger partial charge is 0.515 e. The van der Waals surface area contributed by atoms with Crippen LogP contribution < -0.4 is 0 Å². The number of esters is 4. The predicted molar refractivity (Wildman–Crippen MR) is 263 cm³/mol. The van der Waals surface area contributed by atoms with Crippen LogP contribution in [0, 0.1) is 35.5 Å². The van der Waals surface area contributed by atoms with Gasteiger partial charge in [-0.1, -0.05) is 25.8 Å². The van der Waals surface area contributed by atoms with Crippen molar-refractivity contribution in [2.75, 3.05) is 6.61 Å². The molecule has 3 heterocycles. The fourth-order valence-corrected chi connectivity index (χ4v) is 13.9. The number of halogens is 12. The molecule has 10 rings (SSSR count). The van der Waals surface area contributed by atoms with Crippen molar-refractivity contribution >= 4 is 29.8 Å². The number of aliphatic hydroxyl groups excluding tert-OH is 1. The van der Waals surface area contributed by atoms with E-state index in [-0.39, 0.29) is 59.6 Å². The van der Waals surface area contributed by atoms with Crippen LogP contribution in [0.1, 0.15) is 156 Å². The maximum atomic E-state index is 13.0. The normalized spacial score (nSPS) is 31.4. The second-order valence-corrected chi connectivity index (χ2v) is 23.9. The lowest BCUT2D eigenvalue weighted by Crippen LogP contribution is -2.62. The summed E-state index contributed by atoms with van der Waals surface area (Å²) >= 11 is 0. The zero-order chi connectivity index (χ0) is 61.2. The van der Waals surface area contributed by atoms with Crippen LogP contribution in [0.4, 0.5) is 52.7 Å². The van der Waals surface area contributed by atoms with Gasteiger partial charge in [-0.05, 0) is 167 Å². The van der Waals surface area contributed by atoms with Gasteiger partial charge in [-0.25, -0.2) is 24.0 Å². The molecule has 0 aromatic heterocycles. The zero-order valence-corrected chi connectivity index (χ0v) is 45.9. The Morgan fingerprint density at radius 3 is 1.66 bits per heavy atom. The number of carbonyl (C=O) groups is 4. The van der Waals surface area contributed by atoms with Crippen molar-refractivity contribution in [2.24, 2.45) is 35.5 Å². The molecule has 7 aliphatic carbocycles. The molecule has 464 valence electrons. The minimum atomic E-state index is -6.32. The number of aliphatic hydroxyl groups is 3. The number of rotatable bonds is 11. The van der Waals surface area contributed by atoms with Gasteiger partial charge in [-0.2, -0.15) is 52.7 Å². The summed E-state index contributed by atoms with van der Waals surface area (Å²) in [5.41, 5.74) is -11.6. The van der Waals surface area contributed by atoms with Gasteiger partial charge in [0.25, 0.3) is 11.2 Å². The third-order valence-corrected chi connectivity index (χ3v) is 17.8. The monoisotopic (exact) mass is 1200 g/mol. The Labute approximate surface area is 466 Å². The van der Waals surface area contributed by atoms with E-state index >= 15 is 0 Å². The molecule has 82 heavy (non-hydrogen) atoms. The molecule has 10 aliphatic rings. The van der Waals surface area contributed by atoms with Gasteiger partial charge in [0.1, 0.15) is 34.9 Å². The molecule has 26 heteroatoms. The molecule has 7 unspecified atom stereocenters. The second-order valence-electron chi connectivity index (χ2n) is 23.9. The van der Waals surface area contributed by atoms with Crippen molar-refractivity contribution < 1.29 is 120 Å². The maximum Gasteiger partial charge on any atom is 0.430 e. The Bertz CT molecular complexity index is 2360. The van der Waals surface area contributed by atoms with E-state index in [0.29, 0.717) is 36.5 Å². The number of alkyl halides is 12.